The quantitative estimate of drug-likeness (QED) is 0.813. The van der Waals surface area contributed by atoms with Gasteiger partial charge in [0.05, 0.1) is 23.6 Å². The molecule has 1 aliphatic rings. The number of aromatic nitrogens is 2. The van der Waals surface area contributed by atoms with E-state index in [-0.39, 0.29) is 18.1 Å². The van der Waals surface area contributed by atoms with Crippen LogP contribution in [0.1, 0.15) is 46.3 Å². The van der Waals surface area contributed by atoms with E-state index in [1.807, 2.05) is 30.3 Å². The van der Waals surface area contributed by atoms with Gasteiger partial charge in [0.25, 0.3) is 0 Å². The van der Waals surface area contributed by atoms with Crippen LogP contribution in [0.2, 0.25) is 0 Å². The van der Waals surface area contributed by atoms with Crippen molar-refractivity contribution in [2.24, 2.45) is 0 Å². The van der Waals surface area contributed by atoms with Gasteiger partial charge in [0.1, 0.15) is 0 Å². The van der Waals surface area contributed by atoms with Crippen LogP contribution in [0.4, 0.5) is 0 Å². The molecule has 0 amide bonds. The molecular weight excluding hydrogens is 268 g/mol. The molecule has 0 aliphatic heterocycles. The van der Waals surface area contributed by atoms with E-state index in [1.165, 1.54) is 0 Å². The summed E-state index contributed by atoms with van der Waals surface area (Å²) in [4.78, 5) is 24.3. The van der Waals surface area contributed by atoms with Crippen LogP contribution in [0.15, 0.2) is 30.3 Å². The topological polar surface area (TPSA) is 61.2 Å². The van der Waals surface area contributed by atoms with E-state index in [4.69, 9.17) is 4.74 Å². The lowest BCUT2D eigenvalue weighted by Gasteiger charge is -2.13. The number of benzene rings is 1. The number of ketones is 1. The Morgan fingerprint density at radius 2 is 2.05 bits per heavy atom. The lowest BCUT2D eigenvalue weighted by atomic mass is 9.94. The van der Waals surface area contributed by atoms with Crippen LogP contribution in [0.5, 0.6) is 0 Å². The zero-order valence-corrected chi connectivity index (χ0v) is 11.8. The highest BCUT2D eigenvalue weighted by Crippen LogP contribution is 2.27. The van der Waals surface area contributed by atoms with Crippen molar-refractivity contribution in [3.05, 3.63) is 47.3 Å². The normalized spacial score (nSPS) is 13.9. The fraction of sp³-hybridized carbons (Fsp3) is 0.312. The van der Waals surface area contributed by atoms with Crippen LogP contribution in [0.25, 0.3) is 5.69 Å². The number of carbonyl (C=O) groups excluding carboxylic acids is 2. The van der Waals surface area contributed by atoms with E-state index in [9.17, 15) is 9.59 Å². The Kier molecular flexibility index (Phi) is 3.56. The Hall–Kier alpha value is -2.43. The molecule has 108 valence electrons. The fourth-order valence-electron chi connectivity index (χ4n) is 2.64. The summed E-state index contributed by atoms with van der Waals surface area (Å²) < 4.78 is 6.72. The van der Waals surface area contributed by atoms with Gasteiger partial charge in [-0.05, 0) is 31.9 Å². The lowest BCUT2D eigenvalue weighted by Crippen LogP contribution is -2.15. The predicted molar refractivity (Wildman–Crippen MR) is 76.8 cm³/mol. The smallest absolute Gasteiger partial charge is 0.359 e. The Morgan fingerprint density at radius 1 is 1.29 bits per heavy atom. The van der Waals surface area contributed by atoms with Gasteiger partial charge in [-0.2, -0.15) is 5.10 Å². The number of hydrogen-bond donors (Lipinski definition) is 0. The molecule has 0 fully saturated rings. The van der Waals surface area contributed by atoms with Gasteiger partial charge in [-0.15, -0.1) is 0 Å². The van der Waals surface area contributed by atoms with Crippen LogP contribution in [-0.2, 0) is 11.2 Å². The van der Waals surface area contributed by atoms with Crippen molar-refractivity contribution in [2.45, 2.75) is 26.2 Å². The highest BCUT2D eigenvalue weighted by molar-refractivity contribution is 6.07. The second-order valence-corrected chi connectivity index (χ2v) is 4.91. The minimum absolute atomic E-state index is 0.0264. The number of Topliss-reactive ketones (excluding diaryl/α,β-unsaturated/α-hetero) is 1. The average molecular weight is 284 g/mol. The molecule has 0 saturated heterocycles. The third-order valence-electron chi connectivity index (χ3n) is 3.55. The molecule has 0 N–H and O–H groups in total. The Bertz CT molecular complexity index is 689. The molecule has 1 heterocycles. The van der Waals surface area contributed by atoms with Crippen molar-refractivity contribution in [2.75, 3.05) is 6.61 Å². The van der Waals surface area contributed by atoms with Crippen molar-refractivity contribution in [1.82, 2.24) is 9.78 Å². The van der Waals surface area contributed by atoms with Gasteiger partial charge in [-0.1, -0.05) is 18.2 Å². The molecule has 21 heavy (non-hydrogen) atoms. The van der Waals surface area contributed by atoms with Crippen LogP contribution < -0.4 is 0 Å². The summed E-state index contributed by atoms with van der Waals surface area (Å²) in [5, 5.41) is 4.35. The van der Waals surface area contributed by atoms with E-state index in [2.05, 4.69) is 5.10 Å². The molecule has 1 aromatic carbocycles. The standard InChI is InChI=1S/C16H16N2O3/c1-2-21-16(20)15-14-12(9-6-10-13(14)19)18(17-15)11-7-4-3-5-8-11/h3-5,7-8H,2,6,9-10H2,1H3. The van der Waals surface area contributed by atoms with Crippen LogP contribution in [-0.4, -0.2) is 28.1 Å². The Balaban J connectivity index is 2.16. The second kappa shape index (κ2) is 5.52. The van der Waals surface area contributed by atoms with Gasteiger partial charge < -0.3 is 4.74 Å². The highest BCUT2D eigenvalue weighted by atomic mass is 16.5. The predicted octanol–water partition coefficient (Wildman–Crippen LogP) is 2.57. The van der Waals surface area contributed by atoms with Gasteiger partial charge in [0.2, 0.25) is 0 Å². The summed E-state index contributed by atoms with van der Waals surface area (Å²) in [6, 6.07) is 9.52. The van der Waals surface area contributed by atoms with Crippen molar-refractivity contribution in [3.8, 4) is 5.69 Å². The van der Waals surface area contributed by atoms with E-state index in [1.54, 1.807) is 11.6 Å². The first-order chi connectivity index (χ1) is 10.2. The summed E-state index contributed by atoms with van der Waals surface area (Å²) in [7, 11) is 0. The molecular formula is C16H16N2O3. The molecule has 0 atom stereocenters. The van der Waals surface area contributed by atoms with Gasteiger partial charge in [-0.25, -0.2) is 9.48 Å². The number of para-hydroxylation sites is 1. The molecule has 5 heteroatoms. The maximum Gasteiger partial charge on any atom is 0.359 e. The molecule has 3 rings (SSSR count). The van der Waals surface area contributed by atoms with Gasteiger partial charge in [0.15, 0.2) is 11.5 Å². The van der Waals surface area contributed by atoms with Crippen LogP contribution in [0.3, 0.4) is 0 Å². The van der Waals surface area contributed by atoms with E-state index in [0.717, 1.165) is 24.2 Å². The second-order valence-electron chi connectivity index (χ2n) is 4.91. The van der Waals surface area contributed by atoms with Gasteiger partial charge in [-0.3, -0.25) is 4.79 Å². The third kappa shape index (κ3) is 2.35. The molecule has 0 saturated carbocycles. The van der Waals surface area contributed by atoms with Gasteiger partial charge in [0, 0.05) is 6.42 Å². The number of carbonyl (C=O) groups is 2. The average Bonchev–Trinajstić information content (AvgIpc) is 2.89. The number of rotatable bonds is 3. The summed E-state index contributed by atoms with van der Waals surface area (Å²) in [5.74, 6) is -0.555. The third-order valence-corrected chi connectivity index (χ3v) is 3.55. The van der Waals surface area contributed by atoms with E-state index in [0.29, 0.717) is 12.0 Å². The summed E-state index contributed by atoms with van der Waals surface area (Å²) in [6.45, 7) is 2.00. The number of ether oxygens (including phenoxy) is 1. The Labute approximate surface area is 122 Å². The summed E-state index contributed by atoms with van der Waals surface area (Å²) >= 11 is 0. The Morgan fingerprint density at radius 3 is 2.76 bits per heavy atom. The SMILES string of the molecule is CCOC(=O)c1nn(-c2ccccc2)c2c1C(=O)CCC2. The highest BCUT2D eigenvalue weighted by Gasteiger charge is 2.31. The molecule has 1 aromatic heterocycles. The zero-order chi connectivity index (χ0) is 14.8. The van der Waals surface area contributed by atoms with Crippen LogP contribution >= 0.6 is 0 Å². The molecule has 0 spiro atoms. The van der Waals surface area contributed by atoms with Crippen molar-refractivity contribution >= 4 is 11.8 Å². The summed E-state index contributed by atoms with van der Waals surface area (Å²) in [6.07, 6.45) is 1.98. The molecule has 0 radical (unpaired) electrons. The summed E-state index contributed by atoms with van der Waals surface area (Å²) in [5.41, 5.74) is 2.23. The largest absolute Gasteiger partial charge is 0.461 e. The van der Waals surface area contributed by atoms with Crippen molar-refractivity contribution in [3.63, 3.8) is 0 Å². The minimum Gasteiger partial charge on any atom is -0.461 e. The number of fused-ring (bicyclic) bond motifs is 1. The van der Waals surface area contributed by atoms with E-state index >= 15 is 0 Å². The maximum atomic E-state index is 12.2. The molecule has 5 nitrogen and oxygen atoms in total. The number of hydrogen-bond acceptors (Lipinski definition) is 4. The first-order valence-electron chi connectivity index (χ1n) is 7.10. The maximum absolute atomic E-state index is 12.2. The number of esters is 1. The minimum atomic E-state index is -0.529. The monoisotopic (exact) mass is 284 g/mol. The van der Waals surface area contributed by atoms with E-state index < -0.39 is 5.97 Å². The lowest BCUT2D eigenvalue weighted by molar-refractivity contribution is 0.0515. The first kappa shape index (κ1) is 13.5. The zero-order valence-electron chi connectivity index (χ0n) is 11.8. The van der Waals surface area contributed by atoms with Gasteiger partial charge >= 0.3 is 5.97 Å². The van der Waals surface area contributed by atoms with Crippen LogP contribution in [0, 0.1) is 0 Å². The molecule has 2 aromatic rings. The molecule has 0 unspecified atom stereocenters. The first-order valence-corrected chi connectivity index (χ1v) is 7.10. The van der Waals surface area contributed by atoms with Crippen molar-refractivity contribution < 1.29 is 14.3 Å². The van der Waals surface area contributed by atoms with Crippen molar-refractivity contribution in [1.29, 1.82) is 0 Å². The molecule has 1 aliphatic carbocycles. The fourth-order valence-corrected chi connectivity index (χ4v) is 2.64. The number of nitrogens with zero attached hydrogens (tertiary/aromatic N) is 2. The molecule has 0 bridgehead atoms.